The van der Waals surface area contributed by atoms with Crippen LogP contribution in [-0.2, 0) is 32.8 Å². The lowest BCUT2D eigenvalue weighted by Crippen LogP contribution is -2.11. The number of nitrogens with zero attached hydrogens (tertiary/aromatic N) is 6. The average Bonchev–Trinajstić information content (AvgIpc) is 3.01. The van der Waals surface area contributed by atoms with Gasteiger partial charge >= 0.3 is 6.18 Å². The largest absolute Gasteiger partial charge is 0.435 e. The number of fused-ring (bicyclic) bond motifs is 1. The van der Waals surface area contributed by atoms with Gasteiger partial charge in [0.05, 0.1) is 16.2 Å². The van der Waals surface area contributed by atoms with Crippen molar-refractivity contribution in [1.29, 1.82) is 0 Å². The van der Waals surface area contributed by atoms with Crippen molar-refractivity contribution in [3.8, 4) is 11.5 Å². The van der Waals surface area contributed by atoms with Gasteiger partial charge in [-0.3, -0.25) is 9.78 Å². The van der Waals surface area contributed by atoms with E-state index in [1.165, 1.54) is 31.1 Å². The van der Waals surface area contributed by atoms with Crippen LogP contribution in [-0.4, -0.2) is 61.5 Å². The highest BCUT2D eigenvalue weighted by molar-refractivity contribution is 7.92. The second kappa shape index (κ2) is 7.88. The first kappa shape index (κ1) is 23.7. The van der Waals surface area contributed by atoms with Gasteiger partial charge in [0, 0.05) is 41.6 Å². The Morgan fingerprint density at radius 2 is 1.81 bits per heavy atom. The first-order chi connectivity index (χ1) is 14.6. The SMILES string of the molecule is CCS(=O)(=O)c1cc(C(=O)N=S(C)(C)=O)cnc1-c1nc2cc(C(F)(F)F)nnc2n1C. The molecule has 10 nitrogen and oxygen atoms in total. The number of aryl methyl sites for hydroxylation is 1. The minimum atomic E-state index is -4.74. The van der Waals surface area contributed by atoms with Crippen molar-refractivity contribution < 1.29 is 30.6 Å². The van der Waals surface area contributed by atoms with Gasteiger partial charge in [-0.2, -0.15) is 17.5 Å². The molecule has 0 aliphatic carbocycles. The summed E-state index contributed by atoms with van der Waals surface area (Å²) in [5.41, 5.74) is -1.85. The van der Waals surface area contributed by atoms with E-state index in [9.17, 15) is 30.6 Å². The Morgan fingerprint density at radius 3 is 2.38 bits per heavy atom. The molecule has 0 fully saturated rings. The Hall–Kier alpha value is -2.94. The van der Waals surface area contributed by atoms with Crippen molar-refractivity contribution in [2.45, 2.75) is 18.0 Å². The highest BCUT2D eigenvalue weighted by Crippen LogP contribution is 2.31. The maximum absolute atomic E-state index is 13.0. The van der Waals surface area contributed by atoms with Gasteiger partial charge in [-0.15, -0.1) is 10.2 Å². The van der Waals surface area contributed by atoms with E-state index in [4.69, 9.17) is 0 Å². The fourth-order valence-electron chi connectivity index (χ4n) is 2.71. The summed E-state index contributed by atoms with van der Waals surface area (Å²) in [4.78, 5) is 20.0. The fourth-order valence-corrected chi connectivity index (χ4v) is 4.27. The predicted molar refractivity (Wildman–Crippen MR) is 109 cm³/mol. The summed E-state index contributed by atoms with van der Waals surface area (Å²) in [6.45, 7) is 1.37. The Bertz CT molecular complexity index is 1460. The van der Waals surface area contributed by atoms with E-state index in [0.29, 0.717) is 6.07 Å². The van der Waals surface area contributed by atoms with Crippen LogP contribution in [0.3, 0.4) is 0 Å². The molecule has 3 rings (SSSR count). The van der Waals surface area contributed by atoms with Crippen LogP contribution < -0.4 is 0 Å². The van der Waals surface area contributed by atoms with E-state index in [0.717, 1.165) is 12.3 Å². The van der Waals surface area contributed by atoms with Gasteiger partial charge in [-0.05, 0) is 6.07 Å². The molecule has 0 N–H and O–H groups in total. The summed E-state index contributed by atoms with van der Waals surface area (Å²) in [7, 11) is -5.35. The molecule has 0 atom stereocenters. The Balaban J connectivity index is 2.27. The van der Waals surface area contributed by atoms with Crippen LogP contribution in [0, 0.1) is 0 Å². The number of pyridine rings is 1. The van der Waals surface area contributed by atoms with Gasteiger partial charge in [0.25, 0.3) is 5.91 Å². The van der Waals surface area contributed by atoms with Gasteiger partial charge in [-0.1, -0.05) is 6.92 Å². The molecule has 172 valence electrons. The van der Waals surface area contributed by atoms with Crippen LogP contribution in [0.4, 0.5) is 13.2 Å². The summed E-state index contributed by atoms with van der Waals surface area (Å²) in [6.07, 6.45) is -1.22. The van der Waals surface area contributed by atoms with Crippen LogP contribution in [0.5, 0.6) is 0 Å². The number of carbonyl (C=O) groups excluding carboxylic acids is 1. The maximum atomic E-state index is 13.0. The van der Waals surface area contributed by atoms with E-state index in [1.807, 2.05) is 0 Å². The number of sulfone groups is 1. The number of imidazole rings is 1. The molecular weight excluding hydrogens is 473 g/mol. The number of aromatic nitrogens is 5. The molecule has 0 spiro atoms. The fraction of sp³-hybridized carbons (Fsp3) is 0.353. The van der Waals surface area contributed by atoms with Crippen LogP contribution in [0.15, 0.2) is 27.6 Å². The lowest BCUT2D eigenvalue weighted by Gasteiger charge is -2.10. The second-order valence-corrected chi connectivity index (χ2v) is 11.8. The zero-order valence-corrected chi connectivity index (χ0v) is 18.8. The van der Waals surface area contributed by atoms with Crippen LogP contribution in [0.1, 0.15) is 23.0 Å². The van der Waals surface area contributed by atoms with E-state index in [-0.39, 0.29) is 38.9 Å². The molecule has 32 heavy (non-hydrogen) atoms. The summed E-state index contributed by atoms with van der Waals surface area (Å²) in [6, 6.07) is 1.72. The lowest BCUT2D eigenvalue weighted by molar-refractivity contribution is -0.141. The molecule has 3 aromatic rings. The zero-order chi connectivity index (χ0) is 24.1. The van der Waals surface area contributed by atoms with Crippen LogP contribution in [0.2, 0.25) is 0 Å². The number of halogens is 3. The monoisotopic (exact) mass is 490 g/mol. The quantitative estimate of drug-likeness (QED) is 0.542. The van der Waals surface area contributed by atoms with Gasteiger partial charge in [0.2, 0.25) is 0 Å². The Morgan fingerprint density at radius 1 is 1.16 bits per heavy atom. The molecule has 0 aliphatic rings. The number of hydrogen-bond donors (Lipinski definition) is 0. The zero-order valence-electron chi connectivity index (χ0n) is 17.2. The van der Waals surface area contributed by atoms with E-state index < -0.39 is 37.3 Å². The van der Waals surface area contributed by atoms with Crippen molar-refractivity contribution in [1.82, 2.24) is 24.7 Å². The van der Waals surface area contributed by atoms with Gasteiger partial charge in [-0.25, -0.2) is 17.6 Å². The van der Waals surface area contributed by atoms with E-state index in [1.54, 1.807) is 0 Å². The molecule has 3 aromatic heterocycles. The van der Waals surface area contributed by atoms with Crippen LogP contribution in [0.25, 0.3) is 22.7 Å². The molecule has 0 aliphatic heterocycles. The third-order valence-electron chi connectivity index (χ3n) is 4.24. The summed E-state index contributed by atoms with van der Waals surface area (Å²) in [5, 5.41) is 6.69. The highest BCUT2D eigenvalue weighted by atomic mass is 32.2. The van der Waals surface area contributed by atoms with Crippen molar-refractivity contribution in [3.63, 3.8) is 0 Å². The standard InChI is InChI=1S/C17H17F3N6O4S2/c1-5-32(29,30)11-6-9(16(27)25-31(3,4)28)8-21-13(11)15-22-10-7-12(17(18,19)20)23-24-14(10)26(15)2/h6-8H,5H2,1-4H3. The van der Waals surface area contributed by atoms with Gasteiger partial charge in [0.1, 0.15) is 11.2 Å². The van der Waals surface area contributed by atoms with Gasteiger partial charge < -0.3 is 4.57 Å². The van der Waals surface area contributed by atoms with Gasteiger partial charge in [0.15, 0.2) is 27.0 Å². The molecule has 15 heteroatoms. The molecule has 0 saturated carbocycles. The first-order valence-electron chi connectivity index (χ1n) is 8.86. The van der Waals surface area contributed by atoms with Crippen molar-refractivity contribution >= 4 is 36.6 Å². The number of carbonyl (C=O) groups is 1. The number of amides is 1. The van der Waals surface area contributed by atoms with E-state index in [2.05, 4.69) is 24.5 Å². The molecular formula is C17H17F3N6O4S2. The number of rotatable bonds is 4. The normalized spacial score (nSPS) is 12.8. The third kappa shape index (κ3) is 4.62. The third-order valence-corrected chi connectivity index (χ3v) is 6.58. The highest BCUT2D eigenvalue weighted by Gasteiger charge is 2.34. The summed E-state index contributed by atoms with van der Waals surface area (Å²) in [5.74, 6) is -1.36. The summed E-state index contributed by atoms with van der Waals surface area (Å²) < 4.78 is 80.9. The topological polar surface area (TPSA) is 137 Å². The van der Waals surface area contributed by atoms with Crippen molar-refractivity contribution in [2.24, 2.45) is 11.4 Å². The van der Waals surface area contributed by atoms with Crippen LogP contribution >= 0.6 is 0 Å². The number of hydrogen-bond acceptors (Lipinski definition) is 8. The predicted octanol–water partition coefficient (Wildman–Crippen LogP) is 2.11. The number of alkyl halides is 3. The molecule has 0 unspecified atom stereocenters. The first-order valence-corrected chi connectivity index (χ1v) is 12.8. The maximum Gasteiger partial charge on any atom is 0.435 e. The molecule has 0 saturated heterocycles. The average molecular weight is 490 g/mol. The van der Waals surface area contributed by atoms with Crippen molar-refractivity contribution in [2.75, 3.05) is 18.3 Å². The molecule has 0 bridgehead atoms. The minimum absolute atomic E-state index is 0.0264. The van der Waals surface area contributed by atoms with E-state index >= 15 is 0 Å². The Labute approximate surface area is 181 Å². The second-order valence-electron chi connectivity index (χ2n) is 6.98. The van der Waals surface area contributed by atoms with Crippen molar-refractivity contribution in [3.05, 3.63) is 29.6 Å². The smallest absolute Gasteiger partial charge is 0.309 e. The minimum Gasteiger partial charge on any atom is -0.309 e. The molecule has 1 amide bonds. The molecule has 3 heterocycles. The molecule has 0 radical (unpaired) electrons. The Kier molecular flexibility index (Phi) is 5.84. The lowest BCUT2D eigenvalue weighted by atomic mass is 10.2. The molecule has 0 aromatic carbocycles. The summed E-state index contributed by atoms with van der Waals surface area (Å²) >= 11 is 0.